The van der Waals surface area contributed by atoms with Gasteiger partial charge in [0.15, 0.2) is 0 Å². The van der Waals surface area contributed by atoms with Crippen molar-refractivity contribution in [3.8, 4) is 11.5 Å². The van der Waals surface area contributed by atoms with Crippen LogP contribution in [-0.2, 0) is 9.59 Å². The molecule has 0 saturated carbocycles. The minimum Gasteiger partial charge on any atom is -0.495 e. The summed E-state index contributed by atoms with van der Waals surface area (Å²) in [4.78, 5) is 26.1. The maximum absolute atomic E-state index is 12.3. The zero-order chi connectivity index (χ0) is 20.7. The number of nitrogens with zero attached hydrogens (tertiary/aromatic N) is 1. The van der Waals surface area contributed by atoms with Crippen molar-refractivity contribution in [3.63, 3.8) is 0 Å². The second kappa shape index (κ2) is 9.96. The second-order valence-corrected chi connectivity index (χ2v) is 6.73. The van der Waals surface area contributed by atoms with E-state index in [-0.39, 0.29) is 24.9 Å². The van der Waals surface area contributed by atoms with Crippen molar-refractivity contribution in [2.45, 2.75) is 6.92 Å². The lowest BCUT2D eigenvalue weighted by Crippen LogP contribution is -2.36. The van der Waals surface area contributed by atoms with Gasteiger partial charge in [-0.3, -0.25) is 14.5 Å². The number of amides is 2. The average molecular weight is 406 g/mol. The Morgan fingerprint density at radius 1 is 0.964 bits per heavy atom. The van der Waals surface area contributed by atoms with Crippen molar-refractivity contribution in [2.24, 2.45) is 0 Å². The first kappa shape index (κ1) is 21.5. The van der Waals surface area contributed by atoms with Gasteiger partial charge in [-0.15, -0.1) is 0 Å². The highest BCUT2D eigenvalue weighted by atomic mass is 35.5. The van der Waals surface area contributed by atoms with Gasteiger partial charge in [-0.1, -0.05) is 29.3 Å². The van der Waals surface area contributed by atoms with Gasteiger partial charge in [0.05, 0.1) is 38.0 Å². The van der Waals surface area contributed by atoms with Crippen LogP contribution in [0.4, 0.5) is 11.4 Å². The minimum absolute atomic E-state index is 0.0219. The summed E-state index contributed by atoms with van der Waals surface area (Å²) in [5.74, 6) is 0.366. The van der Waals surface area contributed by atoms with Gasteiger partial charge in [-0.25, -0.2) is 0 Å². The Morgan fingerprint density at radius 3 is 2.11 bits per heavy atom. The van der Waals surface area contributed by atoms with E-state index in [4.69, 9.17) is 21.1 Å². The summed E-state index contributed by atoms with van der Waals surface area (Å²) in [5.41, 5.74) is 2.25. The molecule has 0 fully saturated rings. The molecular formula is C20H24ClN3O4. The molecule has 0 aliphatic rings. The average Bonchev–Trinajstić information content (AvgIpc) is 2.63. The Balaban J connectivity index is 1.91. The lowest BCUT2D eigenvalue weighted by atomic mass is 10.2. The normalized spacial score (nSPS) is 10.5. The fraction of sp³-hybridized carbons (Fsp3) is 0.300. The van der Waals surface area contributed by atoms with Crippen LogP contribution in [0.5, 0.6) is 11.5 Å². The highest BCUT2D eigenvalue weighted by Gasteiger charge is 2.15. The third kappa shape index (κ3) is 6.14. The molecule has 2 N–H and O–H groups in total. The molecule has 0 aromatic heterocycles. The lowest BCUT2D eigenvalue weighted by Gasteiger charge is -2.17. The summed E-state index contributed by atoms with van der Waals surface area (Å²) >= 11 is 6.11. The van der Waals surface area contributed by atoms with Crippen molar-refractivity contribution in [1.82, 2.24) is 4.90 Å². The monoisotopic (exact) mass is 405 g/mol. The van der Waals surface area contributed by atoms with Gasteiger partial charge in [-0.2, -0.15) is 0 Å². The molecule has 2 aromatic carbocycles. The van der Waals surface area contributed by atoms with E-state index in [9.17, 15) is 9.59 Å². The Labute approximate surface area is 169 Å². The molecule has 0 heterocycles. The number of rotatable bonds is 8. The number of carbonyl (C=O) groups is 2. The predicted octanol–water partition coefficient (Wildman–Crippen LogP) is 3.17. The number of halogens is 1. The van der Waals surface area contributed by atoms with Crippen molar-refractivity contribution >= 4 is 34.8 Å². The first-order chi connectivity index (χ1) is 13.3. The Morgan fingerprint density at radius 2 is 1.54 bits per heavy atom. The van der Waals surface area contributed by atoms with Gasteiger partial charge < -0.3 is 20.1 Å². The Kier molecular flexibility index (Phi) is 7.66. The molecule has 0 radical (unpaired) electrons. The van der Waals surface area contributed by atoms with E-state index in [0.717, 1.165) is 5.56 Å². The number of benzene rings is 2. The first-order valence-corrected chi connectivity index (χ1v) is 8.96. The molecule has 0 aliphatic carbocycles. The SMILES string of the molecule is COc1cc(OC)c(NC(=O)CN(C)CC(=O)Nc2ccc(C)cc2)cc1Cl. The van der Waals surface area contributed by atoms with Gasteiger partial charge in [0.1, 0.15) is 11.5 Å². The zero-order valence-corrected chi connectivity index (χ0v) is 17.1. The Bertz CT molecular complexity index is 840. The van der Waals surface area contributed by atoms with Crippen molar-refractivity contribution < 1.29 is 19.1 Å². The highest BCUT2D eigenvalue weighted by molar-refractivity contribution is 6.32. The summed E-state index contributed by atoms with van der Waals surface area (Å²) < 4.78 is 10.4. The van der Waals surface area contributed by atoms with Gasteiger partial charge >= 0.3 is 0 Å². The van der Waals surface area contributed by atoms with Crippen LogP contribution in [0.2, 0.25) is 5.02 Å². The van der Waals surface area contributed by atoms with Crippen molar-refractivity contribution in [2.75, 3.05) is 45.0 Å². The summed E-state index contributed by atoms with van der Waals surface area (Å²) in [5, 5.41) is 5.89. The number of nitrogens with one attached hydrogen (secondary N) is 2. The van der Waals surface area contributed by atoms with Crippen molar-refractivity contribution in [3.05, 3.63) is 47.0 Å². The number of aryl methyl sites for hydroxylation is 1. The molecule has 0 spiro atoms. The summed E-state index contributed by atoms with van der Waals surface area (Å²) in [7, 11) is 4.67. The van der Waals surface area contributed by atoms with E-state index in [1.165, 1.54) is 14.2 Å². The summed E-state index contributed by atoms with van der Waals surface area (Å²) in [6.07, 6.45) is 0. The van der Waals surface area contributed by atoms with Crippen LogP contribution in [0.1, 0.15) is 5.56 Å². The van der Waals surface area contributed by atoms with Gasteiger partial charge in [0.2, 0.25) is 11.8 Å². The van der Waals surface area contributed by atoms with Crippen LogP contribution in [0.15, 0.2) is 36.4 Å². The third-order valence-electron chi connectivity index (χ3n) is 3.91. The quantitative estimate of drug-likeness (QED) is 0.705. The molecule has 0 saturated heterocycles. The zero-order valence-electron chi connectivity index (χ0n) is 16.3. The molecular weight excluding hydrogens is 382 g/mol. The number of methoxy groups -OCH3 is 2. The number of ether oxygens (including phenoxy) is 2. The standard InChI is InChI=1S/C20H24ClN3O4/c1-13-5-7-14(8-6-13)22-19(25)11-24(2)12-20(26)23-16-9-15(21)17(27-3)10-18(16)28-4/h5-10H,11-12H2,1-4H3,(H,22,25)(H,23,26). The van der Waals surface area contributed by atoms with Crippen LogP contribution < -0.4 is 20.1 Å². The van der Waals surface area contributed by atoms with Crippen LogP contribution in [-0.4, -0.2) is 51.1 Å². The molecule has 8 heteroatoms. The molecule has 2 aromatic rings. The maximum Gasteiger partial charge on any atom is 0.238 e. The van der Waals surface area contributed by atoms with Gasteiger partial charge in [0.25, 0.3) is 0 Å². The molecule has 0 unspecified atom stereocenters. The van der Waals surface area contributed by atoms with E-state index in [1.807, 2.05) is 31.2 Å². The molecule has 2 amide bonds. The van der Waals surface area contributed by atoms with E-state index in [1.54, 1.807) is 24.1 Å². The fourth-order valence-electron chi connectivity index (χ4n) is 2.53. The molecule has 0 bridgehead atoms. The molecule has 7 nitrogen and oxygen atoms in total. The molecule has 150 valence electrons. The topological polar surface area (TPSA) is 79.9 Å². The number of likely N-dealkylation sites (N-methyl/N-ethyl adjacent to an activating group) is 1. The number of hydrogen-bond donors (Lipinski definition) is 2. The number of carbonyl (C=O) groups excluding carboxylic acids is 2. The van der Waals surface area contributed by atoms with E-state index < -0.39 is 0 Å². The van der Waals surface area contributed by atoms with E-state index in [2.05, 4.69) is 10.6 Å². The summed E-state index contributed by atoms with van der Waals surface area (Å²) in [6.45, 7) is 2.07. The fourth-order valence-corrected chi connectivity index (χ4v) is 2.77. The van der Waals surface area contributed by atoms with Crippen LogP contribution in [0, 0.1) is 6.92 Å². The number of hydrogen-bond acceptors (Lipinski definition) is 5. The second-order valence-electron chi connectivity index (χ2n) is 6.32. The molecule has 2 rings (SSSR count). The minimum atomic E-state index is -0.301. The molecule has 0 aliphatic heterocycles. The lowest BCUT2D eigenvalue weighted by molar-refractivity contribution is -0.119. The third-order valence-corrected chi connectivity index (χ3v) is 4.21. The van der Waals surface area contributed by atoms with Crippen LogP contribution >= 0.6 is 11.6 Å². The number of anilines is 2. The smallest absolute Gasteiger partial charge is 0.238 e. The van der Waals surface area contributed by atoms with Gasteiger partial charge in [0, 0.05) is 11.8 Å². The Hall–Kier alpha value is -2.77. The maximum atomic E-state index is 12.3. The first-order valence-electron chi connectivity index (χ1n) is 8.58. The highest BCUT2D eigenvalue weighted by Crippen LogP contribution is 2.35. The van der Waals surface area contributed by atoms with E-state index in [0.29, 0.717) is 27.9 Å². The van der Waals surface area contributed by atoms with E-state index >= 15 is 0 Å². The predicted molar refractivity (Wildman–Crippen MR) is 110 cm³/mol. The largest absolute Gasteiger partial charge is 0.495 e. The summed E-state index contributed by atoms with van der Waals surface area (Å²) in [6, 6.07) is 10.7. The van der Waals surface area contributed by atoms with Crippen molar-refractivity contribution in [1.29, 1.82) is 0 Å². The van der Waals surface area contributed by atoms with Gasteiger partial charge in [-0.05, 0) is 32.2 Å². The molecule has 0 atom stereocenters. The molecule has 28 heavy (non-hydrogen) atoms. The van der Waals surface area contributed by atoms with Crippen LogP contribution in [0.25, 0.3) is 0 Å². The van der Waals surface area contributed by atoms with Crippen LogP contribution in [0.3, 0.4) is 0 Å².